The van der Waals surface area contributed by atoms with Crippen molar-refractivity contribution in [1.29, 1.82) is 0 Å². The first-order valence-corrected chi connectivity index (χ1v) is 6.06. The van der Waals surface area contributed by atoms with Crippen LogP contribution in [0, 0.1) is 6.92 Å². The van der Waals surface area contributed by atoms with Gasteiger partial charge in [-0.25, -0.2) is 9.48 Å². The molecule has 1 aromatic carbocycles. The number of hydrogen-bond donors (Lipinski definition) is 1. The predicted molar refractivity (Wildman–Crippen MR) is 66.9 cm³/mol. The number of nitrogens with zero attached hydrogens (tertiary/aromatic N) is 2. The first kappa shape index (κ1) is 16.7. The summed E-state index contributed by atoms with van der Waals surface area (Å²) in [6.45, 7) is -1.94. The lowest BCUT2D eigenvalue weighted by molar-refractivity contribution is -0.143. The summed E-state index contributed by atoms with van der Waals surface area (Å²) < 4.78 is 68.1. The van der Waals surface area contributed by atoms with E-state index in [0.29, 0.717) is 4.68 Å². The molecule has 10 heteroatoms. The van der Waals surface area contributed by atoms with Crippen molar-refractivity contribution >= 4 is 5.97 Å². The number of aryl methyl sites for hydroxylation is 1. The molecule has 124 valence electrons. The number of benzene rings is 1. The Kier molecular flexibility index (Phi) is 4.26. The maximum Gasteiger partial charge on any atom is 0.434 e. The van der Waals surface area contributed by atoms with Gasteiger partial charge in [-0.05, 0) is 31.2 Å². The van der Waals surface area contributed by atoms with Crippen LogP contribution >= 0.6 is 0 Å². The minimum Gasteiger partial charge on any atom is -0.478 e. The standard InChI is InChI=1S/C13H9F5N2O3/c1-6-9(11(21)22)10(13(16,17)18)20(19-6)7-2-4-8(5-3-7)23-12(14)15/h2-5,12H,1H3,(H,21,22). The number of carbonyl (C=O) groups is 1. The Morgan fingerprint density at radius 1 is 1.26 bits per heavy atom. The van der Waals surface area contributed by atoms with Gasteiger partial charge in [0.2, 0.25) is 0 Å². The molecule has 0 saturated heterocycles. The maximum absolute atomic E-state index is 13.2. The van der Waals surface area contributed by atoms with Crippen LogP contribution in [0.3, 0.4) is 0 Å². The van der Waals surface area contributed by atoms with Crippen LogP contribution < -0.4 is 4.74 Å². The zero-order valence-electron chi connectivity index (χ0n) is 11.4. The van der Waals surface area contributed by atoms with E-state index >= 15 is 0 Å². The molecular weight excluding hydrogens is 327 g/mol. The molecule has 0 aliphatic carbocycles. The van der Waals surface area contributed by atoms with Gasteiger partial charge in [0.25, 0.3) is 0 Å². The molecule has 1 aromatic heterocycles. The molecule has 0 fully saturated rings. The highest BCUT2D eigenvalue weighted by Crippen LogP contribution is 2.35. The van der Waals surface area contributed by atoms with E-state index in [9.17, 15) is 26.7 Å². The third-order valence-corrected chi connectivity index (χ3v) is 2.85. The van der Waals surface area contributed by atoms with Crippen LogP contribution in [0.25, 0.3) is 5.69 Å². The van der Waals surface area contributed by atoms with Crippen LogP contribution in [-0.2, 0) is 6.18 Å². The van der Waals surface area contributed by atoms with Crippen molar-refractivity contribution < 1.29 is 36.6 Å². The summed E-state index contributed by atoms with van der Waals surface area (Å²) in [5.74, 6) is -2.02. The summed E-state index contributed by atoms with van der Waals surface area (Å²) in [4.78, 5) is 11.1. The smallest absolute Gasteiger partial charge is 0.434 e. The number of aromatic carboxylic acids is 1. The van der Waals surface area contributed by atoms with Gasteiger partial charge in [-0.1, -0.05) is 0 Å². The molecule has 0 unspecified atom stereocenters. The van der Waals surface area contributed by atoms with E-state index in [0.717, 1.165) is 31.2 Å². The largest absolute Gasteiger partial charge is 0.478 e. The molecule has 2 aromatic rings. The molecule has 0 amide bonds. The van der Waals surface area contributed by atoms with Crippen molar-refractivity contribution in [3.05, 3.63) is 41.2 Å². The zero-order chi connectivity index (χ0) is 17.4. The predicted octanol–water partition coefficient (Wildman–Crippen LogP) is 3.50. The van der Waals surface area contributed by atoms with Crippen LogP contribution in [-0.4, -0.2) is 27.5 Å². The van der Waals surface area contributed by atoms with E-state index < -0.39 is 30.0 Å². The molecule has 2 rings (SSSR count). The number of carboxylic acid groups (broad SMARTS) is 1. The summed E-state index contributed by atoms with van der Waals surface area (Å²) in [5.41, 5.74) is -2.89. The Labute approximate surface area is 125 Å². The first-order chi connectivity index (χ1) is 10.6. The Bertz CT molecular complexity index is 722. The molecule has 5 nitrogen and oxygen atoms in total. The van der Waals surface area contributed by atoms with E-state index in [1.54, 1.807) is 0 Å². The Hall–Kier alpha value is -2.65. The molecule has 0 spiro atoms. The monoisotopic (exact) mass is 336 g/mol. The molecule has 1 N–H and O–H groups in total. The van der Waals surface area contributed by atoms with Crippen LogP contribution in [0.2, 0.25) is 0 Å². The fraction of sp³-hybridized carbons (Fsp3) is 0.231. The second kappa shape index (κ2) is 5.86. The number of alkyl halides is 5. The van der Waals surface area contributed by atoms with Crippen LogP contribution in [0.15, 0.2) is 24.3 Å². The molecule has 0 atom stereocenters. The third-order valence-electron chi connectivity index (χ3n) is 2.85. The van der Waals surface area contributed by atoms with E-state index in [2.05, 4.69) is 9.84 Å². The quantitative estimate of drug-likeness (QED) is 0.868. The third kappa shape index (κ3) is 3.41. The van der Waals surface area contributed by atoms with Crippen LogP contribution in [0.5, 0.6) is 5.75 Å². The normalized spacial score (nSPS) is 11.8. The van der Waals surface area contributed by atoms with E-state index in [-0.39, 0.29) is 17.1 Å². The molecule has 23 heavy (non-hydrogen) atoms. The highest BCUT2D eigenvalue weighted by atomic mass is 19.4. The van der Waals surface area contributed by atoms with Crippen molar-refractivity contribution in [2.75, 3.05) is 0 Å². The highest BCUT2D eigenvalue weighted by Gasteiger charge is 2.42. The number of ether oxygens (including phenoxy) is 1. The Morgan fingerprint density at radius 2 is 1.83 bits per heavy atom. The molecule has 0 radical (unpaired) electrons. The molecule has 0 saturated carbocycles. The van der Waals surface area contributed by atoms with Gasteiger partial charge in [0, 0.05) is 0 Å². The number of hydrogen-bond acceptors (Lipinski definition) is 3. The Morgan fingerprint density at radius 3 is 2.26 bits per heavy atom. The average molecular weight is 336 g/mol. The van der Waals surface area contributed by atoms with Gasteiger partial charge in [-0.2, -0.15) is 27.1 Å². The lowest BCUT2D eigenvalue weighted by Gasteiger charge is -2.12. The summed E-state index contributed by atoms with van der Waals surface area (Å²) in [5, 5.41) is 12.5. The topological polar surface area (TPSA) is 64.4 Å². The number of rotatable bonds is 4. The SMILES string of the molecule is Cc1nn(-c2ccc(OC(F)F)cc2)c(C(F)(F)F)c1C(=O)O. The minimum atomic E-state index is -4.97. The molecule has 0 aliphatic heterocycles. The lowest BCUT2D eigenvalue weighted by atomic mass is 10.2. The maximum atomic E-state index is 13.2. The summed E-state index contributed by atoms with van der Waals surface area (Å²) in [6.07, 6.45) is -4.97. The number of carboxylic acids is 1. The molecule has 0 aliphatic rings. The van der Waals surface area contributed by atoms with Crippen LogP contribution in [0.4, 0.5) is 22.0 Å². The average Bonchev–Trinajstić information content (AvgIpc) is 2.76. The van der Waals surface area contributed by atoms with Gasteiger partial charge in [0.15, 0.2) is 5.69 Å². The van der Waals surface area contributed by atoms with Gasteiger partial charge in [-0.3, -0.25) is 0 Å². The fourth-order valence-corrected chi connectivity index (χ4v) is 2.00. The second-order valence-corrected chi connectivity index (χ2v) is 4.40. The van der Waals surface area contributed by atoms with E-state index in [1.807, 2.05) is 0 Å². The fourth-order valence-electron chi connectivity index (χ4n) is 2.00. The van der Waals surface area contributed by atoms with Crippen molar-refractivity contribution in [2.24, 2.45) is 0 Å². The summed E-state index contributed by atoms with van der Waals surface area (Å²) in [6, 6.07) is 4.17. The molecule has 0 bridgehead atoms. The van der Waals surface area contributed by atoms with Gasteiger partial charge in [0.05, 0.1) is 11.4 Å². The molecule has 1 heterocycles. The minimum absolute atomic E-state index is 0.144. The van der Waals surface area contributed by atoms with Gasteiger partial charge in [0.1, 0.15) is 11.3 Å². The van der Waals surface area contributed by atoms with Crippen molar-refractivity contribution in [3.8, 4) is 11.4 Å². The van der Waals surface area contributed by atoms with Gasteiger partial charge in [-0.15, -0.1) is 0 Å². The first-order valence-electron chi connectivity index (χ1n) is 6.06. The highest BCUT2D eigenvalue weighted by molar-refractivity contribution is 5.90. The van der Waals surface area contributed by atoms with E-state index in [1.165, 1.54) is 0 Å². The van der Waals surface area contributed by atoms with Crippen molar-refractivity contribution in [1.82, 2.24) is 9.78 Å². The van der Waals surface area contributed by atoms with Crippen molar-refractivity contribution in [2.45, 2.75) is 19.7 Å². The van der Waals surface area contributed by atoms with Gasteiger partial charge < -0.3 is 9.84 Å². The van der Waals surface area contributed by atoms with Gasteiger partial charge >= 0.3 is 18.8 Å². The number of aromatic nitrogens is 2. The summed E-state index contributed by atoms with van der Waals surface area (Å²) >= 11 is 0. The Balaban J connectivity index is 2.55. The lowest BCUT2D eigenvalue weighted by Crippen LogP contribution is -2.17. The molecular formula is C13H9F5N2O3. The van der Waals surface area contributed by atoms with Crippen molar-refractivity contribution in [3.63, 3.8) is 0 Å². The van der Waals surface area contributed by atoms with Crippen LogP contribution in [0.1, 0.15) is 21.7 Å². The number of halogens is 5. The van der Waals surface area contributed by atoms with E-state index in [4.69, 9.17) is 5.11 Å². The second-order valence-electron chi connectivity index (χ2n) is 4.40. The zero-order valence-corrected chi connectivity index (χ0v) is 11.4. The summed E-state index contributed by atoms with van der Waals surface area (Å²) in [7, 11) is 0.